The maximum atomic E-state index is 5.36. The second kappa shape index (κ2) is 8.93. The van der Waals surface area contributed by atoms with Crippen LogP contribution in [0.3, 0.4) is 0 Å². The van der Waals surface area contributed by atoms with Gasteiger partial charge in [-0.05, 0) is 38.2 Å². The fourth-order valence-electron chi connectivity index (χ4n) is 2.17. The lowest BCUT2D eigenvalue weighted by Gasteiger charge is -2.13. The lowest BCUT2D eigenvalue weighted by Crippen LogP contribution is -2.41. The minimum atomic E-state index is 0.413. The van der Waals surface area contributed by atoms with Gasteiger partial charge < -0.3 is 15.4 Å². The van der Waals surface area contributed by atoms with Crippen molar-refractivity contribution in [2.45, 2.75) is 20.4 Å². The molecule has 2 aromatic rings. The number of guanidine groups is 1. The zero-order chi connectivity index (χ0) is 18.2. The van der Waals surface area contributed by atoms with Crippen LogP contribution in [0.1, 0.15) is 17.0 Å². The summed E-state index contributed by atoms with van der Waals surface area (Å²) in [5, 5.41) is 9.38. The second-order valence-electron chi connectivity index (χ2n) is 5.28. The number of methoxy groups -OCH3 is 1. The van der Waals surface area contributed by atoms with E-state index in [1.54, 1.807) is 14.2 Å². The molecule has 132 valence electrons. The van der Waals surface area contributed by atoms with E-state index in [0.717, 1.165) is 22.7 Å². The third kappa shape index (κ3) is 5.68. The summed E-state index contributed by atoms with van der Waals surface area (Å²) >= 11 is 5.17. The van der Waals surface area contributed by atoms with Crippen LogP contribution in [0.5, 0.6) is 5.75 Å². The molecule has 0 fully saturated rings. The number of hydrogen-bond donors (Lipinski definition) is 3. The van der Waals surface area contributed by atoms with Gasteiger partial charge >= 0.3 is 0 Å². The van der Waals surface area contributed by atoms with Gasteiger partial charge in [-0.25, -0.2) is 15.0 Å². The molecule has 8 heteroatoms. The number of anilines is 1. The highest BCUT2D eigenvalue weighted by Crippen LogP contribution is 2.18. The van der Waals surface area contributed by atoms with Crippen molar-refractivity contribution in [3.05, 3.63) is 47.3 Å². The van der Waals surface area contributed by atoms with Crippen LogP contribution >= 0.6 is 12.2 Å². The minimum absolute atomic E-state index is 0.413. The quantitative estimate of drug-likeness (QED) is 0.439. The lowest BCUT2D eigenvalue weighted by atomic mass is 10.2. The van der Waals surface area contributed by atoms with Gasteiger partial charge in [-0.3, -0.25) is 5.32 Å². The number of aliphatic imine (C=N–C) groups is 1. The van der Waals surface area contributed by atoms with Crippen molar-refractivity contribution >= 4 is 29.2 Å². The maximum Gasteiger partial charge on any atom is 0.229 e. The number of nitrogens with one attached hydrogen (secondary N) is 3. The molecule has 0 aliphatic heterocycles. The highest BCUT2D eigenvalue weighted by molar-refractivity contribution is 7.80. The second-order valence-corrected chi connectivity index (χ2v) is 5.69. The van der Waals surface area contributed by atoms with E-state index in [4.69, 9.17) is 17.0 Å². The standard InChI is InChI=1S/C17H22N6OS/c1-11-9-12(2)21-16(20-11)22-15(23-17(25)18-3)19-10-13-7-5-6-8-14(13)24-4/h5-9H,10H2,1-4H3,(H3,18,19,20,21,22,23,25). The van der Waals surface area contributed by atoms with E-state index in [9.17, 15) is 0 Å². The summed E-state index contributed by atoms with van der Waals surface area (Å²) in [6.45, 7) is 4.24. The summed E-state index contributed by atoms with van der Waals surface area (Å²) in [7, 11) is 3.37. The molecular formula is C17H22N6OS. The number of benzene rings is 1. The molecule has 0 radical (unpaired) electrons. The van der Waals surface area contributed by atoms with Crippen LogP contribution in [0.4, 0.5) is 5.95 Å². The normalized spacial score (nSPS) is 11.0. The molecule has 0 bridgehead atoms. The third-order valence-corrected chi connectivity index (χ3v) is 3.58. The molecule has 0 spiro atoms. The molecule has 7 nitrogen and oxygen atoms in total. The highest BCUT2D eigenvalue weighted by Gasteiger charge is 2.07. The number of aromatic nitrogens is 2. The molecule has 0 unspecified atom stereocenters. The number of ether oxygens (including phenoxy) is 1. The Morgan fingerprint density at radius 3 is 2.52 bits per heavy atom. The predicted molar refractivity (Wildman–Crippen MR) is 104 cm³/mol. The van der Waals surface area contributed by atoms with E-state index in [-0.39, 0.29) is 0 Å². The molecule has 0 amide bonds. The van der Waals surface area contributed by atoms with E-state index in [1.165, 1.54) is 0 Å². The summed E-state index contributed by atoms with van der Waals surface area (Å²) in [6, 6.07) is 9.63. The Labute approximate surface area is 152 Å². The molecule has 0 saturated heterocycles. The number of aryl methyl sites for hydroxylation is 2. The van der Waals surface area contributed by atoms with Gasteiger partial charge in [-0.1, -0.05) is 18.2 Å². The van der Waals surface area contributed by atoms with Gasteiger partial charge in [-0.15, -0.1) is 0 Å². The molecule has 1 aromatic carbocycles. The molecule has 25 heavy (non-hydrogen) atoms. The Bertz CT molecular complexity index is 757. The number of para-hydroxylation sites is 1. The smallest absolute Gasteiger partial charge is 0.229 e. The minimum Gasteiger partial charge on any atom is -0.496 e. The Morgan fingerprint density at radius 2 is 1.88 bits per heavy atom. The zero-order valence-corrected chi connectivity index (χ0v) is 15.6. The first-order valence-corrected chi connectivity index (χ1v) is 8.17. The first kappa shape index (κ1) is 18.6. The van der Waals surface area contributed by atoms with Gasteiger partial charge in [0.05, 0.1) is 13.7 Å². The van der Waals surface area contributed by atoms with Crippen LogP contribution < -0.4 is 20.7 Å². The highest BCUT2D eigenvalue weighted by atomic mass is 32.1. The van der Waals surface area contributed by atoms with E-state index >= 15 is 0 Å². The topological polar surface area (TPSA) is 83.5 Å². The number of thiocarbonyl (C=S) groups is 1. The molecule has 2 rings (SSSR count). The fraction of sp³-hybridized carbons (Fsp3) is 0.294. The molecule has 1 aromatic heterocycles. The van der Waals surface area contributed by atoms with Crippen LogP contribution in [0.2, 0.25) is 0 Å². The summed E-state index contributed by atoms with van der Waals surface area (Å²) in [5.74, 6) is 1.70. The molecule has 0 saturated carbocycles. The zero-order valence-electron chi connectivity index (χ0n) is 14.8. The summed E-state index contributed by atoms with van der Waals surface area (Å²) in [5.41, 5.74) is 2.70. The Morgan fingerprint density at radius 1 is 1.20 bits per heavy atom. The Hall–Kier alpha value is -2.74. The van der Waals surface area contributed by atoms with Crippen molar-refractivity contribution < 1.29 is 4.74 Å². The lowest BCUT2D eigenvalue weighted by molar-refractivity contribution is 0.410. The van der Waals surface area contributed by atoms with Crippen molar-refractivity contribution in [2.24, 2.45) is 4.99 Å². The summed E-state index contributed by atoms with van der Waals surface area (Å²) in [6.07, 6.45) is 0. The average molecular weight is 358 g/mol. The maximum absolute atomic E-state index is 5.36. The first-order chi connectivity index (χ1) is 12.0. The SMILES string of the molecule is CNC(=S)NC(=NCc1ccccc1OC)Nc1nc(C)cc(C)n1. The van der Waals surface area contributed by atoms with Gasteiger partial charge in [0.25, 0.3) is 0 Å². The van der Waals surface area contributed by atoms with E-state index < -0.39 is 0 Å². The van der Waals surface area contributed by atoms with E-state index in [1.807, 2.05) is 44.2 Å². The molecule has 0 atom stereocenters. The Balaban J connectivity index is 2.23. The van der Waals surface area contributed by atoms with Gasteiger partial charge in [0, 0.05) is 24.0 Å². The third-order valence-electron chi connectivity index (χ3n) is 3.27. The van der Waals surface area contributed by atoms with Crippen molar-refractivity contribution in [1.82, 2.24) is 20.6 Å². The molecule has 0 aliphatic rings. The Kier molecular flexibility index (Phi) is 6.64. The number of nitrogens with zero attached hydrogens (tertiary/aromatic N) is 3. The number of hydrogen-bond acceptors (Lipinski definition) is 5. The molecule has 3 N–H and O–H groups in total. The van der Waals surface area contributed by atoms with Gasteiger partial charge in [-0.2, -0.15) is 0 Å². The van der Waals surface area contributed by atoms with Crippen LogP contribution in [-0.2, 0) is 6.54 Å². The predicted octanol–water partition coefficient (Wildman–Crippen LogP) is 2.16. The van der Waals surface area contributed by atoms with Crippen molar-refractivity contribution in [1.29, 1.82) is 0 Å². The monoisotopic (exact) mass is 358 g/mol. The molecular weight excluding hydrogens is 336 g/mol. The van der Waals surface area contributed by atoms with E-state index in [0.29, 0.717) is 23.6 Å². The van der Waals surface area contributed by atoms with Crippen molar-refractivity contribution in [2.75, 3.05) is 19.5 Å². The summed E-state index contributed by atoms with van der Waals surface area (Å²) < 4.78 is 5.36. The van der Waals surface area contributed by atoms with Crippen LogP contribution in [-0.4, -0.2) is 35.2 Å². The van der Waals surface area contributed by atoms with Gasteiger partial charge in [0.15, 0.2) is 5.11 Å². The van der Waals surface area contributed by atoms with Crippen LogP contribution in [0.15, 0.2) is 35.3 Å². The number of rotatable bonds is 4. The summed E-state index contributed by atoms with van der Waals surface area (Å²) in [4.78, 5) is 13.3. The van der Waals surface area contributed by atoms with Gasteiger partial charge in [0.1, 0.15) is 5.75 Å². The van der Waals surface area contributed by atoms with Crippen molar-refractivity contribution in [3.8, 4) is 5.75 Å². The van der Waals surface area contributed by atoms with Crippen LogP contribution in [0.25, 0.3) is 0 Å². The molecule has 1 heterocycles. The van der Waals surface area contributed by atoms with Crippen LogP contribution in [0, 0.1) is 13.8 Å². The van der Waals surface area contributed by atoms with Crippen molar-refractivity contribution in [3.63, 3.8) is 0 Å². The largest absolute Gasteiger partial charge is 0.496 e. The molecule has 0 aliphatic carbocycles. The first-order valence-electron chi connectivity index (χ1n) is 7.76. The van der Waals surface area contributed by atoms with E-state index in [2.05, 4.69) is 30.9 Å². The average Bonchev–Trinajstić information content (AvgIpc) is 2.58. The van der Waals surface area contributed by atoms with Gasteiger partial charge in [0.2, 0.25) is 11.9 Å². The fourth-order valence-corrected chi connectivity index (χ4v) is 2.26.